The molecule has 1 amide bonds. The first-order valence-electron chi connectivity index (χ1n) is 6.11. The normalized spacial score (nSPS) is 12.5. The molecule has 1 rings (SSSR count). The fourth-order valence-corrected chi connectivity index (χ4v) is 1.49. The Balaban J connectivity index is 2.50. The topological polar surface area (TPSA) is 55.1 Å². The Bertz CT molecular complexity index is 357. The van der Waals surface area contributed by atoms with E-state index < -0.39 is 0 Å². The summed E-state index contributed by atoms with van der Waals surface area (Å²) in [5.74, 6) is 0.432. The zero-order valence-electron chi connectivity index (χ0n) is 10.9. The first-order valence-corrected chi connectivity index (χ1v) is 6.11. The van der Waals surface area contributed by atoms with Crippen molar-refractivity contribution in [2.75, 3.05) is 6.54 Å². The van der Waals surface area contributed by atoms with Crippen LogP contribution in [0.25, 0.3) is 0 Å². The number of benzene rings is 1. The summed E-state index contributed by atoms with van der Waals surface area (Å²) < 4.78 is 0. The van der Waals surface area contributed by atoms with Crippen LogP contribution in [0.3, 0.4) is 0 Å². The third kappa shape index (κ3) is 4.19. The second-order valence-corrected chi connectivity index (χ2v) is 4.75. The summed E-state index contributed by atoms with van der Waals surface area (Å²) in [6.07, 6.45) is 0. The van der Waals surface area contributed by atoms with Gasteiger partial charge in [-0.25, -0.2) is 0 Å². The van der Waals surface area contributed by atoms with Gasteiger partial charge < -0.3 is 11.1 Å². The zero-order valence-corrected chi connectivity index (χ0v) is 10.9. The highest BCUT2D eigenvalue weighted by atomic mass is 16.1. The molecule has 0 aliphatic carbocycles. The average molecular weight is 234 g/mol. The molecule has 3 heteroatoms. The predicted octanol–water partition coefficient (Wildman–Crippen LogP) is 2.02. The van der Waals surface area contributed by atoms with Crippen LogP contribution in [0.2, 0.25) is 0 Å². The molecule has 3 nitrogen and oxygen atoms in total. The lowest BCUT2D eigenvalue weighted by atomic mass is 10.0. The summed E-state index contributed by atoms with van der Waals surface area (Å²) in [5.41, 5.74) is 7.87. The third-order valence-electron chi connectivity index (χ3n) is 2.91. The minimum atomic E-state index is -0.120. The number of nitrogens with one attached hydrogen (secondary N) is 1. The Morgan fingerprint density at radius 3 is 2.29 bits per heavy atom. The molecular formula is C14H22N2O. The Kier molecular flexibility index (Phi) is 5.16. The monoisotopic (exact) mass is 234 g/mol. The van der Waals surface area contributed by atoms with Gasteiger partial charge in [-0.15, -0.1) is 0 Å². The van der Waals surface area contributed by atoms with E-state index in [0.717, 1.165) is 5.56 Å². The number of carbonyl (C=O) groups excluding carboxylic acids is 1. The first-order chi connectivity index (χ1) is 8.04. The summed E-state index contributed by atoms with van der Waals surface area (Å²) in [5, 5.41) is 2.88. The number of nitrogens with two attached hydrogens (primary N) is 1. The number of hydrogen-bond donors (Lipinski definition) is 2. The van der Waals surface area contributed by atoms with Crippen LogP contribution < -0.4 is 11.1 Å². The van der Waals surface area contributed by atoms with Gasteiger partial charge in [-0.1, -0.05) is 45.0 Å². The SMILES string of the molecule is CC(CN)C(=O)NCc1ccc(C(C)C)cc1. The van der Waals surface area contributed by atoms with E-state index in [-0.39, 0.29) is 11.8 Å². The molecule has 0 radical (unpaired) electrons. The van der Waals surface area contributed by atoms with E-state index in [1.807, 2.05) is 6.92 Å². The van der Waals surface area contributed by atoms with Crippen molar-refractivity contribution in [1.82, 2.24) is 5.32 Å². The highest BCUT2D eigenvalue weighted by molar-refractivity contribution is 5.78. The molecule has 0 spiro atoms. The molecular weight excluding hydrogens is 212 g/mol. The first kappa shape index (κ1) is 13.7. The Morgan fingerprint density at radius 1 is 1.24 bits per heavy atom. The molecule has 1 atom stereocenters. The quantitative estimate of drug-likeness (QED) is 0.819. The molecule has 3 N–H and O–H groups in total. The van der Waals surface area contributed by atoms with Gasteiger partial charge in [0.1, 0.15) is 0 Å². The van der Waals surface area contributed by atoms with E-state index in [4.69, 9.17) is 5.73 Å². The third-order valence-corrected chi connectivity index (χ3v) is 2.91. The minimum absolute atomic E-state index is 0.0143. The van der Waals surface area contributed by atoms with E-state index >= 15 is 0 Å². The molecule has 0 aliphatic heterocycles. The van der Waals surface area contributed by atoms with Crippen LogP contribution in [-0.2, 0) is 11.3 Å². The molecule has 0 saturated carbocycles. The van der Waals surface area contributed by atoms with Crippen LogP contribution in [0.1, 0.15) is 37.8 Å². The minimum Gasteiger partial charge on any atom is -0.352 e. The molecule has 0 heterocycles. The molecule has 17 heavy (non-hydrogen) atoms. The van der Waals surface area contributed by atoms with E-state index in [1.54, 1.807) is 0 Å². The lowest BCUT2D eigenvalue weighted by Gasteiger charge is -2.11. The molecule has 1 unspecified atom stereocenters. The van der Waals surface area contributed by atoms with Gasteiger partial charge in [-0.05, 0) is 17.0 Å². The van der Waals surface area contributed by atoms with E-state index in [0.29, 0.717) is 19.0 Å². The van der Waals surface area contributed by atoms with Gasteiger partial charge in [0.2, 0.25) is 5.91 Å². The highest BCUT2D eigenvalue weighted by Gasteiger charge is 2.09. The van der Waals surface area contributed by atoms with Crippen molar-refractivity contribution >= 4 is 5.91 Å². The van der Waals surface area contributed by atoms with Crippen LogP contribution >= 0.6 is 0 Å². The van der Waals surface area contributed by atoms with Crippen molar-refractivity contribution in [2.45, 2.75) is 33.2 Å². The predicted molar refractivity (Wildman–Crippen MR) is 70.6 cm³/mol. The van der Waals surface area contributed by atoms with Crippen molar-refractivity contribution in [1.29, 1.82) is 0 Å². The van der Waals surface area contributed by atoms with Crippen molar-refractivity contribution in [3.05, 3.63) is 35.4 Å². The molecule has 0 saturated heterocycles. The lowest BCUT2D eigenvalue weighted by molar-refractivity contribution is -0.124. The Hall–Kier alpha value is -1.35. The molecule has 1 aromatic rings. The molecule has 0 aromatic heterocycles. The molecule has 0 fully saturated rings. The van der Waals surface area contributed by atoms with Crippen LogP contribution in [-0.4, -0.2) is 12.5 Å². The van der Waals surface area contributed by atoms with E-state index in [1.165, 1.54) is 5.56 Å². The maximum Gasteiger partial charge on any atom is 0.224 e. The van der Waals surface area contributed by atoms with Crippen molar-refractivity contribution in [3.63, 3.8) is 0 Å². The summed E-state index contributed by atoms with van der Waals surface area (Å²) in [4.78, 5) is 11.5. The summed E-state index contributed by atoms with van der Waals surface area (Å²) >= 11 is 0. The van der Waals surface area contributed by atoms with Gasteiger partial charge in [-0.3, -0.25) is 4.79 Å². The maximum atomic E-state index is 11.5. The van der Waals surface area contributed by atoms with Crippen LogP contribution in [0.5, 0.6) is 0 Å². The number of hydrogen-bond acceptors (Lipinski definition) is 2. The van der Waals surface area contributed by atoms with Gasteiger partial charge in [0.25, 0.3) is 0 Å². The van der Waals surface area contributed by atoms with Crippen LogP contribution in [0.4, 0.5) is 0 Å². The highest BCUT2D eigenvalue weighted by Crippen LogP contribution is 2.14. The van der Waals surface area contributed by atoms with Gasteiger partial charge >= 0.3 is 0 Å². The fourth-order valence-electron chi connectivity index (χ4n) is 1.49. The van der Waals surface area contributed by atoms with Gasteiger partial charge in [-0.2, -0.15) is 0 Å². The molecule has 0 bridgehead atoms. The average Bonchev–Trinajstić information content (AvgIpc) is 2.35. The standard InChI is InChI=1S/C14H22N2O/c1-10(2)13-6-4-12(5-7-13)9-16-14(17)11(3)8-15/h4-7,10-11H,8-9,15H2,1-3H3,(H,16,17). The largest absolute Gasteiger partial charge is 0.352 e. The number of carbonyl (C=O) groups is 1. The van der Waals surface area contributed by atoms with Crippen LogP contribution in [0, 0.1) is 5.92 Å². The van der Waals surface area contributed by atoms with Crippen molar-refractivity contribution in [2.24, 2.45) is 11.7 Å². The zero-order chi connectivity index (χ0) is 12.8. The molecule has 0 aliphatic rings. The van der Waals surface area contributed by atoms with Crippen molar-refractivity contribution in [3.8, 4) is 0 Å². The number of amides is 1. The van der Waals surface area contributed by atoms with E-state index in [2.05, 4.69) is 43.4 Å². The van der Waals surface area contributed by atoms with Gasteiger partial charge in [0.05, 0.1) is 0 Å². The number of rotatable bonds is 5. The maximum absolute atomic E-state index is 11.5. The van der Waals surface area contributed by atoms with Gasteiger partial charge in [0, 0.05) is 19.0 Å². The Morgan fingerprint density at radius 2 is 1.82 bits per heavy atom. The van der Waals surface area contributed by atoms with Crippen molar-refractivity contribution < 1.29 is 4.79 Å². The molecule has 1 aromatic carbocycles. The second-order valence-electron chi connectivity index (χ2n) is 4.75. The van der Waals surface area contributed by atoms with E-state index in [9.17, 15) is 4.79 Å². The summed E-state index contributed by atoms with van der Waals surface area (Å²) in [6, 6.07) is 8.34. The fraction of sp³-hybridized carbons (Fsp3) is 0.500. The molecule has 94 valence electrons. The Labute approximate surface area is 103 Å². The van der Waals surface area contributed by atoms with Gasteiger partial charge in [0.15, 0.2) is 0 Å². The lowest BCUT2D eigenvalue weighted by Crippen LogP contribution is -2.32. The summed E-state index contributed by atoms with van der Waals surface area (Å²) in [7, 11) is 0. The smallest absolute Gasteiger partial charge is 0.224 e. The van der Waals surface area contributed by atoms with Crippen LogP contribution in [0.15, 0.2) is 24.3 Å². The second kappa shape index (κ2) is 6.40. The summed E-state index contributed by atoms with van der Waals surface area (Å²) in [6.45, 7) is 7.12.